The lowest BCUT2D eigenvalue weighted by Crippen LogP contribution is -2.31. The Balaban J connectivity index is 2.35. The molecule has 28 heavy (non-hydrogen) atoms. The molecule has 0 aliphatic rings. The van der Waals surface area contributed by atoms with Crippen LogP contribution in [0.25, 0.3) is 0 Å². The van der Waals surface area contributed by atoms with Crippen LogP contribution in [-0.2, 0) is 14.8 Å². The zero-order valence-electron chi connectivity index (χ0n) is 16.5. The molecule has 2 aromatic rings. The van der Waals surface area contributed by atoms with Gasteiger partial charge in [-0.2, -0.15) is 4.31 Å². The summed E-state index contributed by atoms with van der Waals surface area (Å²) in [6.07, 6.45) is 3.30. The third kappa shape index (κ3) is 4.90. The predicted molar refractivity (Wildman–Crippen MR) is 112 cm³/mol. The van der Waals surface area contributed by atoms with Crippen LogP contribution in [0.3, 0.4) is 0 Å². The molecule has 1 amide bonds. The standard InChI is InChI=1S/C20H26ClN3O3S/c1-5-24(6-2)28(26,27)18-13-16(7-8-17(18)21)23-20(25)19(14(3)4)15-9-11-22-12-10-15/h7-14,19H,5-6H2,1-4H3,(H,23,25). The van der Waals surface area contributed by atoms with Crippen LogP contribution in [0.4, 0.5) is 5.69 Å². The lowest BCUT2D eigenvalue weighted by molar-refractivity contribution is -0.118. The van der Waals surface area contributed by atoms with Gasteiger partial charge in [-0.15, -0.1) is 0 Å². The summed E-state index contributed by atoms with van der Waals surface area (Å²) in [6.45, 7) is 8.13. The molecule has 1 aromatic carbocycles. The van der Waals surface area contributed by atoms with Gasteiger partial charge in [0.1, 0.15) is 4.90 Å². The van der Waals surface area contributed by atoms with E-state index in [-0.39, 0.29) is 27.7 Å². The molecular weight excluding hydrogens is 398 g/mol. The second-order valence-electron chi connectivity index (χ2n) is 6.73. The molecule has 0 saturated heterocycles. The maximum absolute atomic E-state index is 12.9. The summed E-state index contributed by atoms with van der Waals surface area (Å²) in [4.78, 5) is 16.9. The fourth-order valence-corrected chi connectivity index (χ4v) is 5.07. The molecule has 0 spiro atoms. The number of nitrogens with one attached hydrogen (secondary N) is 1. The van der Waals surface area contributed by atoms with Gasteiger partial charge in [0.15, 0.2) is 0 Å². The van der Waals surface area contributed by atoms with E-state index in [1.54, 1.807) is 32.3 Å². The maximum atomic E-state index is 12.9. The molecule has 1 N–H and O–H groups in total. The second kappa shape index (κ2) is 9.49. The first-order valence-electron chi connectivity index (χ1n) is 9.22. The van der Waals surface area contributed by atoms with E-state index >= 15 is 0 Å². The molecule has 1 aromatic heterocycles. The van der Waals surface area contributed by atoms with E-state index in [9.17, 15) is 13.2 Å². The number of halogens is 1. The molecule has 1 heterocycles. The minimum atomic E-state index is -3.74. The van der Waals surface area contributed by atoms with E-state index < -0.39 is 10.0 Å². The van der Waals surface area contributed by atoms with Crippen molar-refractivity contribution in [1.82, 2.24) is 9.29 Å². The molecule has 1 unspecified atom stereocenters. The molecule has 0 radical (unpaired) electrons. The quantitative estimate of drug-likeness (QED) is 0.691. The second-order valence-corrected chi connectivity index (χ2v) is 9.04. The van der Waals surface area contributed by atoms with Crippen molar-refractivity contribution >= 4 is 33.2 Å². The number of carbonyl (C=O) groups is 1. The van der Waals surface area contributed by atoms with E-state index in [0.717, 1.165) is 5.56 Å². The van der Waals surface area contributed by atoms with Crippen molar-refractivity contribution < 1.29 is 13.2 Å². The first kappa shape index (κ1) is 22.3. The van der Waals surface area contributed by atoms with Crippen molar-refractivity contribution in [1.29, 1.82) is 0 Å². The van der Waals surface area contributed by atoms with Crippen molar-refractivity contribution in [2.24, 2.45) is 5.92 Å². The third-order valence-corrected chi connectivity index (χ3v) is 7.07. The molecule has 8 heteroatoms. The topological polar surface area (TPSA) is 79.4 Å². The van der Waals surface area contributed by atoms with Crippen LogP contribution in [0.2, 0.25) is 5.02 Å². The van der Waals surface area contributed by atoms with Gasteiger partial charge in [0.05, 0.1) is 10.9 Å². The Bertz CT molecular complexity index is 914. The highest BCUT2D eigenvalue weighted by atomic mass is 35.5. The summed E-state index contributed by atoms with van der Waals surface area (Å²) in [7, 11) is -3.74. The zero-order chi connectivity index (χ0) is 20.9. The Morgan fingerprint density at radius 1 is 1.14 bits per heavy atom. The number of hydrogen-bond acceptors (Lipinski definition) is 4. The van der Waals surface area contributed by atoms with Gasteiger partial charge in [-0.1, -0.05) is 39.3 Å². The van der Waals surface area contributed by atoms with Gasteiger partial charge in [0.2, 0.25) is 15.9 Å². The van der Waals surface area contributed by atoms with Crippen molar-refractivity contribution in [2.45, 2.75) is 38.5 Å². The van der Waals surface area contributed by atoms with Crippen molar-refractivity contribution in [3.8, 4) is 0 Å². The summed E-state index contributed by atoms with van der Waals surface area (Å²) in [5.74, 6) is -0.551. The van der Waals surface area contributed by atoms with E-state index in [1.165, 1.54) is 16.4 Å². The Kier molecular flexibility index (Phi) is 7.57. The molecule has 0 bridgehead atoms. The van der Waals surface area contributed by atoms with Crippen LogP contribution in [0, 0.1) is 5.92 Å². The van der Waals surface area contributed by atoms with Gasteiger partial charge < -0.3 is 5.32 Å². The molecule has 0 aliphatic carbocycles. The number of sulfonamides is 1. The van der Waals surface area contributed by atoms with Crippen molar-refractivity contribution in [3.63, 3.8) is 0 Å². The Hall–Kier alpha value is -1.96. The summed E-state index contributed by atoms with van der Waals surface area (Å²) in [5.41, 5.74) is 1.24. The number of anilines is 1. The van der Waals surface area contributed by atoms with Crippen LogP contribution >= 0.6 is 11.6 Å². The number of aromatic nitrogens is 1. The molecule has 0 aliphatic heterocycles. The molecule has 1 atom stereocenters. The summed E-state index contributed by atoms with van der Waals surface area (Å²) >= 11 is 6.16. The van der Waals surface area contributed by atoms with Gasteiger partial charge >= 0.3 is 0 Å². The molecule has 0 saturated carbocycles. The molecule has 152 valence electrons. The van der Waals surface area contributed by atoms with Gasteiger partial charge in [0, 0.05) is 31.2 Å². The lowest BCUT2D eigenvalue weighted by Gasteiger charge is -2.22. The number of benzene rings is 1. The number of nitrogens with zero attached hydrogens (tertiary/aromatic N) is 2. The van der Waals surface area contributed by atoms with Gasteiger partial charge in [-0.3, -0.25) is 9.78 Å². The predicted octanol–water partition coefficient (Wildman–Crippen LogP) is 4.14. The van der Waals surface area contributed by atoms with Crippen molar-refractivity contribution in [3.05, 3.63) is 53.3 Å². The summed E-state index contributed by atoms with van der Waals surface area (Å²) in [6, 6.07) is 8.12. The maximum Gasteiger partial charge on any atom is 0.244 e. The molecule has 6 nitrogen and oxygen atoms in total. The third-order valence-electron chi connectivity index (χ3n) is 4.54. The van der Waals surface area contributed by atoms with Crippen LogP contribution < -0.4 is 5.32 Å². The Morgan fingerprint density at radius 2 is 1.75 bits per heavy atom. The fourth-order valence-electron chi connectivity index (χ4n) is 3.11. The first-order valence-corrected chi connectivity index (χ1v) is 11.0. The minimum Gasteiger partial charge on any atom is -0.326 e. The van der Waals surface area contributed by atoms with Gasteiger partial charge in [-0.05, 0) is 41.8 Å². The smallest absolute Gasteiger partial charge is 0.244 e. The van der Waals surface area contributed by atoms with Crippen LogP contribution in [-0.4, -0.2) is 36.7 Å². The Morgan fingerprint density at radius 3 is 2.29 bits per heavy atom. The Labute approximate surface area is 172 Å². The fraction of sp³-hybridized carbons (Fsp3) is 0.400. The average molecular weight is 424 g/mol. The molecule has 2 rings (SSSR count). The summed E-state index contributed by atoms with van der Waals surface area (Å²) < 4.78 is 27.0. The van der Waals surface area contributed by atoms with E-state index in [1.807, 2.05) is 26.0 Å². The van der Waals surface area contributed by atoms with Gasteiger partial charge in [-0.25, -0.2) is 8.42 Å². The minimum absolute atomic E-state index is 0.0133. The van der Waals surface area contributed by atoms with E-state index in [0.29, 0.717) is 18.8 Å². The van der Waals surface area contributed by atoms with Crippen molar-refractivity contribution in [2.75, 3.05) is 18.4 Å². The molecule has 0 fully saturated rings. The van der Waals surface area contributed by atoms with Crippen LogP contribution in [0.15, 0.2) is 47.6 Å². The van der Waals surface area contributed by atoms with Crippen LogP contribution in [0.5, 0.6) is 0 Å². The monoisotopic (exact) mass is 423 g/mol. The number of rotatable bonds is 8. The van der Waals surface area contributed by atoms with E-state index in [4.69, 9.17) is 11.6 Å². The zero-order valence-corrected chi connectivity index (χ0v) is 18.1. The normalized spacial score (nSPS) is 13.0. The largest absolute Gasteiger partial charge is 0.326 e. The number of carbonyl (C=O) groups excluding carboxylic acids is 1. The summed E-state index contributed by atoms with van der Waals surface area (Å²) in [5, 5.41) is 2.96. The average Bonchev–Trinajstić information content (AvgIpc) is 2.64. The van der Waals surface area contributed by atoms with Gasteiger partial charge in [0.25, 0.3) is 0 Å². The van der Waals surface area contributed by atoms with E-state index in [2.05, 4.69) is 10.3 Å². The highest BCUT2D eigenvalue weighted by Crippen LogP contribution is 2.30. The highest BCUT2D eigenvalue weighted by molar-refractivity contribution is 7.89. The molecular formula is C20H26ClN3O3S. The number of pyridine rings is 1. The lowest BCUT2D eigenvalue weighted by atomic mass is 9.88. The van der Waals surface area contributed by atoms with Crippen LogP contribution in [0.1, 0.15) is 39.2 Å². The number of hydrogen-bond donors (Lipinski definition) is 1. The first-order chi connectivity index (χ1) is 13.2. The number of amides is 1. The SMILES string of the molecule is CCN(CC)S(=O)(=O)c1cc(NC(=O)C(c2ccncc2)C(C)C)ccc1Cl. The highest BCUT2D eigenvalue weighted by Gasteiger charge is 2.27.